The fraction of sp³-hybridized carbons (Fsp3) is 0.348. The number of urea groups is 1. The van der Waals surface area contributed by atoms with E-state index in [1.807, 2.05) is 41.3 Å². The van der Waals surface area contributed by atoms with Crippen molar-refractivity contribution in [1.29, 1.82) is 0 Å². The quantitative estimate of drug-likeness (QED) is 0.667. The molecule has 1 aromatic heterocycles. The Balaban J connectivity index is 1.45. The van der Waals surface area contributed by atoms with Crippen molar-refractivity contribution in [3.63, 3.8) is 0 Å². The van der Waals surface area contributed by atoms with E-state index in [1.54, 1.807) is 27.7 Å². The van der Waals surface area contributed by atoms with E-state index in [0.29, 0.717) is 24.6 Å². The van der Waals surface area contributed by atoms with Crippen LogP contribution in [0.5, 0.6) is 17.2 Å². The van der Waals surface area contributed by atoms with Crippen molar-refractivity contribution in [1.82, 2.24) is 14.9 Å². The van der Waals surface area contributed by atoms with Gasteiger partial charge >= 0.3 is 6.03 Å². The lowest BCUT2D eigenvalue weighted by Crippen LogP contribution is -2.40. The smallest absolute Gasteiger partial charge is 0.321 e. The lowest BCUT2D eigenvalue weighted by Gasteiger charge is -2.32. The molecule has 8 heteroatoms. The number of benzene rings is 2. The van der Waals surface area contributed by atoms with E-state index in [0.717, 1.165) is 40.9 Å². The van der Waals surface area contributed by atoms with Gasteiger partial charge in [0.15, 0.2) is 11.5 Å². The van der Waals surface area contributed by atoms with Crippen LogP contribution in [0.15, 0.2) is 42.7 Å². The minimum atomic E-state index is -0.0948. The van der Waals surface area contributed by atoms with Crippen LogP contribution >= 0.6 is 0 Å². The van der Waals surface area contributed by atoms with Crippen LogP contribution in [-0.4, -0.2) is 55.3 Å². The Bertz CT molecular complexity index is 1060. The number of amides is 2. The number of likely N-dealkylation sites (tertiary alicyclic amines) is 1. The summed E-state index contributed by atoms with van der Waals surface area (Å²) < 4.78 is 16.0. The summed E-state index contributed by atoms with van der Waals surface area (Å²) in [5, 5.41) is 3.91. The molecule has 1 aliphatic rings. The molecule has 8 nitrogen and oxygen atoms in total. The molecule has 4 rings (SSSR count). The second kappa shape index (κ2) is 9.07. The number of carbonyl (C=O) groups excluding carboxylic acids is 1. The number of hydrogen-bond acceptors (Lipinski definition) is 6. The van der Waals surface area contributed by atoms with Gasteiger partial charge < -0.3 is 24.4 Å². The highest BCUT2D eigenvalue weighted by Gasteiger charge is 2.26. The minimum absolute atomic E-state index is 0.0948. The van der Waals surface area contributed by atoms with Crippen molar-refractivity contribution in [3.8, 4) is 17.2 Å². The number of aromatic nitrogens is 2. The van der Waals surface area contributed by atoms with E-state index in [4.69, 9.17) is 14.2 Å². The third-order valence-electron chi connectivity index (χ3n) is 5.68. The number of methoxy groups -OCH3 is 3. The summed E-state index contributed by atoms with van der Waals surface area (Å²) in [7, 11) is 4.84. The molecular weight excluding hydrogens is 396 g/mol. The average Bonchev–Trinajstić information content (AvgIpc) is 2.83. The molecule has 1 aliphatic heterocycles. The molecule has 0 unspecified atom stereocenters. The molecule has 0 bridgehead atoms. The molecule has 1 saturated heterocycles. The van der Waals surface area contributed by atoms with Crippen molar-refractivity contribution in [2.24, 2.45) is 0 Å². The fourth-order valence-electron chi connectivity index (χ4n) is 3.96. The second-order valence-corrected chi connectivity index (χ2v) is 7.40. The Labute approximate surface area is 181 Å². The summed E-state index contributed by atoms with van der Waals surface area (Å²) >= 11 is 0. The molecule has 3 aromatic rings. The summed E-state index contributed by atoms with van der Waals surface area (Å²) in [6.07, 6.45) is 3.25. The second-order valence-electron chi connectivity index (χ2n) is 7.40. The Morgan fingerprint density at radius 2 is 1.65 bits per heavy atom. The van der Waals surface area contributed by atoms with Gasteiger partial charge in [-0.1, -0.05) is 0 Å². The molecule has 0 radical (unpaired) electrons. The van der Waals surface area contributed by atoms with Crippen molar-refractivity contribution in [3.05, 3.63) is 48.4 Å². The van der Waals surface area contributed by atoms with E-state index in [1.165, 1.54) is 0 Å². The van der Waals surface area contributed by atoms with Crippen LogP contribution in [-0.2, 0) is 0 Å². The third kappa shape index (κ3) is 4.33. The van der Waals surface area contributed by atoms with Gasteiger partial charge in [-0.3, -0.25) is 0 Å². The van der Waals surface area contributed by atoms with Crippen LogP contribution in [0.1, 0.15) is 24.5 Å². The number of hydrogen-bond donors (Lipinski definition) is 1. The zero-order valence-electron chi connectivity index (χ0n) is 17.9. The van der Waals surface area contributed by atoms with Crippen LogP contribution < -0.4 is 19.5 Å². The summed E-state index contributed by atoms with van der Waals surface area (Å²) in [6.45, 7) is 1.32. The standard InChI is InChI=1S/C23H26N4O4/c1-29-17-6-4-16(5-7-17)26-23(28)27-10-8-15(9-11-27)22-18-12-20(30-2)21(31-3)13-19(18)24-14-25-22/h4-7,12-15H,8-11H2,1-3H3,(H,26,28). The van der Waals surface area contributed by atoms with Crippen LogP contribution in [0.2, 0.25) is 0 Å². The third-order valence-corrected chi connectivity index (χ3v) is 5.68. The molecule has 0 saturated carbocycles. The first-order valence-electron chi connectivity index (χ1n) is 10.2. The van der Waals surface area contributed by atoms with E-state index in [9.17, 15) is 4.79 Å². The number of piperidine rings is 1. The predicted molar refractivity (Wildman–Crippen MR) is 118 cm³/mol. The van der Waals surface area contributed by atoms with Crippen LogP contribution in [0, 0.1) is 0 Å². The highest BCUT2D eigenvalue weighted by Crippen LogP contribution is 2.36. The molecule has 1 fully saturated rings. The number of ether oxygens (including phenoxy) is 3. The molecule has 0 spiro atoms. The summed E-state index contributed by atoms with van der Waals surface area (Å²) in [5.74, 6) is 2.30. The first-order valence-corrected chi connectivity index (χ1v) is 10.2. The first kappa shape index (κ1) is 20.7. The predicted octanol–water partition coefficient (Wildman–Crippen LogP) is 4.07. The topological polar surface area (TPSA) is 85.8 Å². The number of carbonyl (C=O) groups is 1. The van der Waals surface area contributed by atoms with Gasteiger partial charge in [0, 0.05) is 36.1 Å². The van der Waals surface area contributed by atoms with Gasteiger partial charge in [0.05, 0.1) is 32.5 Å². The summed E-state index contributed by atoms with van der Waals surface area (Å²) in [5.41, 5.74) is 2.55. The zero-order chi connectivity index (χ0) is 21.8. The maximum Gasteiger partial charge on any atom is 0.321 e. The molecule has 162 valence electrons. The molecule has 0 atom stereocenters. The maximum absolute atomic E-state index is 12.7. The van der Waals surface area contributed by atoms with E-state index in [-0.39, 0.29) is 11.9 Å². The van der Waals surface area contributed by atoms with Crippen molar-refractivity contribution in [2.45, 2.75) is 18.8 Å². The largest absolute Gasteiger partial charge is 0.497 e. The molecule has 2 amide bonds. The highest BCUT2D eigenvalue weighted by molar-refractivity contribution is 5.89. The monoisotopic (exact) mass is 422 g/mol. The molecule has 2 aromatic carbocycles. The highest BCUT2D eigenvalue weighted by atomic mass is 16.5. The maximum atomic E-state index is 12.7. The molecule has 1 N–H and O–H groups in total. The Morgan fingerprint density at radius 1 is 0.968 bits per heavy atom. The SMILES string of the molecule is COc1ccc(NC(=O)N2CCC(c3ncnc4cc(OC)c(OC)cc34)CC2)cc1. The van der Waals surface area contributed by atoms with Gasteiger partial charge in [0.25, 0.3) is 0 Å². The van der Waals surface area contributed by atoms with Crippen LogP contribution in [0.25, 0.3) is 10.9 Å². The van der Waals surface area contributed by atoms with E-state index in [2.05, 4.69) is 15.3 Å². The van der Waals surface area contributed by atoms with Crippen molar-refractivity contribution < 1.29 is 19.0 Å². The van der Waals surface area contributed by atoms with Gasteiger partial charge in [-0.15, -0.1) is 0 Å². The van der Waals surface area contributed by atoms with Crippen molar-refractivity contribution >= 4 is 22.6 Å². The Morgan fingerprint density at radius 3 is 2.29 bits per heavy atom. The van der Waals surface area contributed by atoms with Gasteiger partial charge in [-0.05, 0) is 43.2 Å². The summed E-state index contributed by atoms with van der Waals surface area (Å²) in [4.78, 5) is 23.5. The first-order chi connectivity index (χ1) is 15.1. The zero-order valence-corrected chi connectivity index (χ0v) is 17.9. The molecule has 0 aliphatic carbocycles. The van der Waals surface area contributed by atoms with Gasteiger partial charge in [0.1, 0.15) is 12.1 Å². The van der Waals surface area contributed by atoms with Gasteiger partial charge in [-0.2, -0.15) is 0 Å². The molecule has 2 heterocycles. The number of fused-ring (bicyclic) bond motifs is 1. The number of nitrogens with zero attached hydrogens (tertiary/aromatic N) is 3. The summed E-state index contributed by atoms with van der Waals surface area (Å²) in [6, 6.07) is 11.0. The molecule has 31 heavy (non-hydrogen) atoms. The van der Waals surface area contributed by atoms with Crippen LogP contribution in [0.4, 0.5) is 10.5 Å². The van der Waals surface area contributed by atoms with E-state index >= 15 is 0 Å². The number of nitrogens with one attached hydrogen (secondary N) is 1. The average molecular weight is 422 g/mol. The fourth-order valence-corrected chi connectivity index (χ4v) is 3.96. The Hall–Kier alpha value is -3.55. The lowest BCUT2D eigenvalue weighted by molar-refractivity contribution is 0.194. The van der Waals surface area contributed by atoms with E-state index < -0.39 is 0 Å². The van der Waals surface area contributed by atoms with Gasteiger partial charge in [-0.25, -0.2) is 14.8 Å². The Kier molecular flexibility index (Phi) is 6.06. The van der Waals surface area contributed by atoms with Crippen LogP contribution in [0.3, 0.4) is 0 Å². The normalized spacial score (nSPS) is 14.4. The van der Waals surface area contributed by atoms with Crippen molar-refractivity contribution in [2.75, 3.05) is 39.7 Å². The van der Waals surface area contributed by atoms with Gasteiger partial charge in [0.2, 0.25) is 0 Å². The number of anilines is 1. The molecular formula is C23H26N4O4. The lowest BCUT2D eigenvalue weighted by atomic mass is 9.91. The minimum Gasteiger partial charge on any atom is -0.497 e. The number of rotatable bonds is 5.